The van der Waals surface area contributed by atoms with Crippen LogP contribution in [-0.4, -0.2) is 70.7 Å². The van der Waals surface area contributed by atoms with Crippen LogP contribution >= 0.6 is 0 Å². The summed E-state index contributed by atoms with van der Waals surface area (Å²) in [6, 6.07) is 5.66. The number of ether oxygens (including phenoxy) is 1. The first-order valence-electron chi connectivity index (χ1n) is 9.74. The highest BCUT2D eigenvalue weighted by Gasteiger charge is 2.41. The lowest BCUT2D eigenvalue weighted by Crippen LogP contribution is -2.58. The summed E-state index contributed by atoms with van der Waals surface area (Å²) >= 11 is 0. The molecule has 2 aromatic rings. The molecule has 0 aliphatic carbocycles. The van der Waals surface area contributed by atoms with E-state index in [1.807, 2.05) is 30.0 Å². The van der Waals surface area contributed by atoms with Gasteiger partial charge in [0.15, 0.2) is 0 Å². The summed E-state index contributed by atoms with van der Waals surface area (Å²) in [6.07, 6.45) is 6.89. The van der Waals surface area contributed by atoms with Gasteiger partial charge in [-0.05, 0) is 38.0 Å². The smallest absolute Gasteiger partial charge is 0.241 e. The minimum atomic E-state index is -0.223. The van der Waals surface area contributed by atoms with Crippen molar-refractivity contribution in [2.75, 3.05) is 49.5 Å². The minimum absolute atomic E-state index is 0.105. The van der Waals surface area contributed by atoms with Crippen LogP contribution < -0.4 is 10.2 Å². The lowest BCUT2D eigenvalue weighted by molar-refractivity contribution is -0.137. The number of nitrogens with zero attached hydrogens (tertiary/aromatic N) is 5. The highest BCUT2D eigenvalue weighted by atomic mass is 16.5. The Bertz CT molecular complexity index is 807. The Balaban J connectivity index is 1.32. The van der Waals surface area contributed by atoms with Crippen LogP contribution in [0, 0.1) is 6.92 Å². The third-order valence-corrected chi connectivity index (χ3v) is 5.45. The molecule has 28 heavy (non-hydrogen) atoms. The molecule has 0 radical (unpaired) electrons. The molecule has 148 valence electrons. The normalized spacial score (nSPS) is 18.9. The Kier molecular flexibility index (Phi) is 5.38. The molecule has 1 amide bonds. The second kappa shape index (κ2) is 8.10. The van der Waals surface area contributed by atoms with Crippen LogP contribution in [0.2, 0.25) is 0 Å². The van der Waals surface area contributed by atoms with E-state index in [2.05, 4.69) is 25.2 Å². The Morgan fingerprint density at radius 3 is 2.86 bits per heavy atom. The molecular weight excluding hydrogens is 356 g/mol. The predicted molar refractivity (Wildman–Crippen MR) is 106 cm³/mol. The van der Waals surface area contributed by atoms with Crippen molar-refractivity contribution in [1.82, 2.24) is 19.9 Å². The van der Waals surface area contributed by atoms with Crippen LogP contribution in [0.25, 0.3) is 0 Å². The van der Waals surface area contributed by atoms with Gasteiger partial charge >= 0.3 is 0 Å². The largest absolute Gasteiger partial charge is 0.375 e. The number of morpholine rings is 1. The fraction of sp³-hybridized carbons (Fsp3) is 0.500. The van der Waals surface area contributed by atoms with E-state index in [1.54, 1.807) is 18.6 Å². The average Bonchev–Trinajstić information content (AvgIpc) is 2.73. The van der Waals surface area contributed by atoms with Crippen molar-refractivity contribution >= 4 is 17.5 Å². The molecule has 1 spiro atoms. The molecule has 0 aromatic carbocycles. The van der Waals surface area contributed by atoms with Gasteiger partial charge in [0.25, 0.3) is 0 Å². The van der Waals surface area contributed by atoms with Crippen LogP contribution in [-0.2, 0) is 9.53 Å². The molecule has 0 atom stereocenters. The summed E-state index contributed by atoms with van der Waals surface area (Å²) in [5.74, 6) is 0.871. The number of amides is 1. The van der Waals surface area contributed by atoms with Gasteiger partial charge in [0.05, 0.1) is 31.0 Å². The summed E-state index contributed by atoms with van der Waals surface area (Å²) in [5.41, 5.74) is 1.60. The molecule has 0 bridgehead atoms. The van der Waals surface area contributed by atoms with E-state index < -0.39 is 0 Å². The molecule has 8 nitrogen and oxygen atoms in total. The molecule has 2 fully saturated rings. The van der Waals surface area contributed by atoms with E-state index in [0.29, 0.717) is 19.7 Å². The van der Waals surface area contributed by atoms with Crippen molar-refractivity contribution in [2.45, 2.75) is 25.4 Å². The van der Waals surface area contributed by atoms with Gasteiger partial charge in [-0.2, -0.15) is 0 Å². The SMILES string of the molecule is Cc1ccnc(N2CCOC3(CCN(C(=O)CNc4cccnc4)CC3)C2)n1. The quantitative estimate of drug-likeness (QED) is 0.858. The van der Waals surface area contributed by atoms with E-state index >= 15 is 0 Å². The topological polar surface area (TPSA) is 83.5 Å². The van der Waals surface area contributed by atoms with Crippen molar-refractivity contribution in [1.29, 1.82) is 0 Å². The molecule has 2 aliphatic heterocycles. The molecule has 1 N–H and O–H groups in total. The van der Waals surface area contributed by atoms with Crippen LogP contribution in [0.5, 0.6) is 0 Å². The van der Waals surface area contributed by atoms with Gasteiger partial charge in [-0.1, -0.05) is 0 Å². The molecular formula is C20H26N6O2. The monoisotopic (exact) mass is 382 g/mol. The highest BCUT2D eigenvalue weighted by Crippen LogP contribution is 2.31. The Morgan fingerprint density at radius 1 is 1.25 bits per heavy atom. The molecule has 0 saturated carbocycles. The molecule has 8 heteroatoms. The van der Waals surface area contributed by atoms with Crippen LogP contribution in [0.3, 0.4) is 0 Å². The number of hydrogen-bond acceptors (Lipinski definition) is 7. The number of aryl methyl sites for hydroxylation is 1. The van der Waals surface area contributed by atoms with Gasteiger partial charge in [-0.3, -0.25) is 9.78 Å². The molecule has 0 unspecified atom stereocenters. The van der Waals surface area contributed by atoms with E-state index in [1.165, 1.54) is 0 Å². The number of rotatable bonds is 4. The number of anilines is 2. The zero-order valence-electron chi connectivity index (χ0n) is 16.2. The maximum absolute atomic E-state index is 12.5. The van der Waals surface area contributed by atoms with Gasteiger partial charge in [-0.15, -0.1) is 0 Å². The van der Waals surface area contributed by atoms with Crippen LogP contribution in [0.1, 0.15) is 18.5 Å². The minimum Gasteiger partial charge on any atom is -0.375 e. The molecule has 2 aromatic heterocycles. The van der Waals surface area contributed by atoms with E-state index in [-0.39, 0.29) is 18.1 Å². The molecule has 4 heterocycles. The van der Waals surface area contributed by atoms with Gasteiger partial charge < -0.3 is 19.9 Å². The van der Waals surface area contributed by atoms with Crippen LogP contribution in [0.15, 0.2) is 36.8 Å². The Hall–Kier alpha value is -2.74. The number of piperidine rings is 1. The fourth-order valence-corrected chi connectivity index (χ4v) is 3.83. The van der Waals surface area contributed by atoms with Crippen molar-refractivity contribution in [3.63, 3.8) is 0 Å². The van der Waals surface area contributed by atoms with Gasteiger partial charge in [-0.25, -0.2) is 9.97 Å². The van der Waals surface area contributed by atoms with Gasteiger partial charge in [0, 0.05) is 43.9 Å². The summed E-state index contributed by atoms with van der Waals surface area (Å²) in [4.78, 5) is 29.7. The number of pyridine rings is 1. The first-order chi connectivity index (χ1) is 13.6. The van der Waals surface area contributed by atoms with Crippen molar-refractivity contribution < 1.29 is 9.53 Å². The van der Waals surface area contributed by atoms with Gasteiger partial charge in [0.2, 0.25) is 11.9 Å². The summed E-state index contributed by atoms with van der Waals surface area (Å²) in [7, 11) is 0. The predicted octanol–water partition coefficient (Wildman–Crippen LogP) is 1.49. The maximum Gasteiger partial charge on any atom is 0.241 e. The highest BCUT2D eigenvalue weighted by molar-refractivity contribution is 5.80. The number of carbonyl (C=O) groups is 1. The number of hydrogen-bond donors (Lipinski definition) is 1. The lowest BCUT2D eigenvalue weighted by Gasteiger charge is -2.47. The molecule has 2 aliphatic rings. The second-order valence-corrected chi connectivity index (χ2v) is 7.43. The number of aromatic nitrogens is 3. The maximum atomic E-state index is 12.5. The first-order valence-corrected chi connectivity index (χ1v) is 9.74. The average molecular weight is 382 g/mol. The standard InChI is InChI=1S/C20H26N6O2/c1-16-4-8-22-19(24-16)26-11-12-28-20(15-26)5-9-25(10-6-20)18(27)14-23-17-3-2-7-21-13-17/h2-4,7-8,13,23H,5-6,9-12,14-15H2,1H3. The van der Waals surface area contributed by atoms with Crippen molar-refractivity contribution in [3.05, 3.63) is 42.5 Å². The van der Waals surface area contributed by atoms with Crippen molar-refractivity contribution in [3.8, 4) is 0 Å². The summed E-state index contributed by atoms with van der Waals surface area (Å²) in [6.45, 7) is 5.89. The third kappa shape index (κ3) is 4.22. The number of carbonyl (C=O) groups excluding carboxylic acids is 1. The number of nitrogens with one attached hydrogen (secondary N) is 1. The summed E-state index contributed by atoms with van der Waals surface area (Å²) < 4.78 is 6.19. The van der Waals surface area contributed by atoms with E-state index in [4.69, 9.17) is 4.74 Å². The van der Waals surface area contributed by atoms with E-state index in [0.717, 1.165) is 43.3 Å². The second-order valence-electron chi connectivity index (χ2n) is 7.43. The van der Waals surface area contributed by atoms with Gasteiger partial charge in [0.1, 0.15) is 0 Å². The first kappa shape index (κ1) is 18.6. The molecule has 4 rings (SSSR count). The third-order valence-electron chi connectivity index (χ3n) is 5.45. The van der Waals surface area contributed by atoms with Crippen molar-refractivity contribution in [2.24, 2.45) is 0 Å². The number of likely N-dealkylation sites (tertiary alicyclic amines) is 1. The van der Waals surface area contributed by atoms with Crippen LogP contribution in [0.4, 0.5) is 11.6 Å². The molecule has 2 saturated heterocycles. The fourth-order valence-electron chi connectivity index (χ4n) is 3.83. The Labute approximate surface area is 164 Å². The lowest BCUT2D eigenvalue weighted by atomic mass is 9.89. The summed E-state index contributed by atoms with van der Waals surface area (Å²) in [5, 5.41) is 3.14. The van der Waals surface area contributed by atoms with E-state index in [9.17, 15) is 4.79 Å². The zero-order valence-corrected chi connectivity index (χ0v) is 16.2. The zero-order chi connectivity index (χ0) is 19.4. The Morgan fingerprint density at radius 2 is 2.11 bits per heavy atom.